The van der Waals surface area contributed by atoms with Crippen LogP contribution in [0.1, 0.15) is 48.1 Å². The molecule has 4 aromatic carbocycles. The second-order valence-corrected chi connectivity index (χ2v) is 11.0. The highest BCUT2D eigenvalue weighted by atomic mass is 79.9. The van der Waals surface area contributed by atoms with E-state index in [-0.39, 0.29) is 17.3 Å². The Balaban J connectivity index is 1.55. The molecule has 0 aromatic heterocycles. The van der Waals surface area contributed by atoms with E-state index >= 15 is 0 Å². The van der Waals surface area contributed by atoms with Gasteiger partial charge in [0.15, 0.2) is 17.3 Å². The normalized spacial score (nSPS) is 22.3. The Morgan fingerprint density at radius 1 is 0.737 bits per heavy atom. The summed E-state index contributed by atoms with van der Waals surface area (Å²) < 4.78 is 0.884. The van der Waals surface area contributed by atoms with Crippen LogP contribution >= 0.6 is 15.9 Å². The van der Waals surface area contributed by atoms with Crippen LogP contribution in [0, 0.1) is 5.41 Å². The molecule has 1 saturated heterocycles. The second kappa shape index (κ2) is 8.47. The van der Waals surface area contributed by atoms with Gasteiger partial charge in [-0.15, -0.1) is 0 Å². The third-order valence-corrected chi connectivity index (χ3v) is 8.80. The van der Waals surface area contributed by atoms with Gasteiger partial charge < -0.3 is 4.90 Å². The molecule has 3 atom stereocenters. The molecule has 0 radical (unpaired) electrons. The van der Waals surface area contributed by atoms with Crippen molar-refractivity contribution in [3.8, 4) is 0 Å². The summed E-state index contributed by atoms with van der Waals surface area (Å²) >= 11 is 3.52. The van der Waals surface area contributed by atoms with Crippen molar-refractivity contribution in [3.63, 3.8) is 0 Å². The third kappa shape index (κ3) is 2.99. The first-order chi connectivity index (χ1) is 18.5. The first kappa shape index (κ1) is 23.1. The summed E-state index contributed by atoms with van der Waals surface area (Å²) in [5.41, 5.74) is 2.53. The van der Waals surface area contributed by atoms with Gasteiger partial charge >= 0.3 is 0 Å². The molecule has 0 N–H and O–H groups in total. The number of halogens is 1. The molecule has 1 fully saturated rings. The monoisotopic (exact) mass is 559 g/mol. The smallest absolute Gasteiger partial charge is 0.185 e. The third-order valence-electron chi connectivity index (χ3n) is 8.27. The number of ketones is 3. The standard InChI is InChI=1S/C33H22BrNO3/c34-23-17-14-21(15-18-23)28-29(30(36)22-9-2-1-3-10-22)35-26-13-7-4-8-20(26)16-19-27(35)33(28)31(37)24-11-5-6-12-25(24)32(33)38/h1-19,27-29H/t27-,28+,29-/m0/s1. The minimum Gasteiger partial charge on any atom is -0.352 e. The highest BCUT2D eigenvalue weighted by Crippen LogP contribution is 2.61. The average Bonchev–Trinajstić information content (AvgIpc) is 3.40. The van der Waals surface area contributed by atoms with E-state index in [0.717, 1.165) is 21.3 Å². The van der Waals surface area contributed by atoms with E-state index in [9.17, 15) is 14.4 Å². The molecule has 0 bridgehead atoms. The number of para-hydroxylation sites is 1. The number of fused-ring (bicyclic) bond motifs is 5. The van der Waals surface area contributed by atoms with E-state index in [1.165, 1.54) is 0 Å². The SMILES string of the molecule is O=C(c1ccccc1)[C@@H]1[C@@H](c2ccc(Br)cc2)C2(C(=O)c3ccccc3C2=O)[C@@H]2C=Cc3ccccc3N12. The van der Waals surface area contributed by atoms with Crippen molar-refractivity contribution in [1.82, 2.24) is 0 Å². The van der Waals surface area contributed by atoms with Crippen molar-refractivity contribution in [2.24, 2.45) is 5.41 Å². The summed E-state index contributed by atoms with van der Waals surface area (Å²) in [7, 11) is 0. The van der Waals surface area contributed by atoms with Gasteiger partial charge in [-0.2, -0.15) is 0 Å². The van der Waals surface area contributed by atoms with Crippen molar-refractivity contribution in [2.45, 2.75) is 18.0 Å². The molecule has 0 amide bonds. The number of hydrogen-bond donors (Lipinski definition) is 0. The molecule has 1 aliphatic carbocycles. The fourth-order valence-electron chi connectivity index (χ4n) is 6.73. The first-order valence-electron chi connectivity index (χ1n) is 12.6. The molecule has 5 heteroatoms. The van der Waals surface area contributed by atoms with Crippen molar-refractivity contribution in [1.29, 1.82) is 0 Å². The number of hydrogen-bond acceptors (Lipinski definition) is 4. The molecule has 4 aromatic rings. The number of benzene rings is 4. The molecule has 0 unspecified atom stereocenters. The zero-order chi connectivity index (χ0) is 26.0. The van der Waals surface area contributed by atoms with Crippen LogP contribution < -0.4 is 4.90 Å². The molecular weight excluding hydrogens is 538 g/mol. The first-order valence-corrected chi connectivity index (χ1v) is 13.4. The van der Waals surface area contributed by atoms with E-state index in [1.807, 2.05) is 83.8 Å². The van der Waals surface area contributed by atoms with Crippen molar-refractivity contribution >= 4 is 45.0 Å². The van der Waals surface area contributed by atoms with Gasteiger partial charge in [0.2, 0.25) is 0 Å². The number of rotatable bonds is 3. The molecule has 184 valence electrons. The van der Waals surface area contributed by atoms with E-state index in [4.69, 9.17) is 0 Å². The maximum Gasteiger partial charge on any atom is 0.185 e. The van der Waals surface area contributed by atoms with E-state index < -0.39 is 23.4 Å². The molecule has 0 saturated carbocycles. The minimum absolute atomic E-state index is 0.109. The second-order valence-electron chi connectivity index (χ2n) is 10.0. The van der Waals surface area contributed by atoms with Crippen LogP contribution in [-0.2, 0) is 0 Å². The Labute approximate surface area is 228 Å². The lowest BCUT2D eigenvalue weighted by Gasteiger charge is -2.37. The molecule has 38 heavy (non-hydrogen) atoms. The van der Waals surface area contributed by atoms with Crippen LogP contribution in [0.25, 0.3) is 6.08 Å². The van der Waals surface area contributed by atoms with Gasteiger partial charge in [-0.3, -0.25) is 14.4 Å². The number of carbonyl (C=O) groups is 3. The maximum absolute atomic E-state index is 14.6. The summed E-state index contributed by atoms with van der Waals surface area (Å²) in [5, 5.41) is 0. The number of nitrogens with zero attached hydrogens (tertiary/aromatic N) is 1. The lowest BCUT2D eigenvalue weighted by Crippen LogP contribution is -2.48. The van der Waals surface area contributed by atoms with Gasteiger partial charge in [-0.1, -0.05) is 113 Å². The molecule has 2 aliphatic heterocycles. The molecule has 2 heterocycles. The average molecular weight is 560 g/mol. The van der Waals surface area contributed by atoms with Crippen LogP contribution in [-0.4, -0.2) is 29.4 Å². The summed E-state index contributed by atoms with van der Waals surface area (Å²) in [5.74, 6) is -1.24. The Morgan fingerprint density at radius 3 is 2.03 bits per heavy atom. The molecule has 7 rings (SSSR count). The van der Waals surface area contributed by atoms with Crippen LogP contribution in [0.3, 0.4) is 0 Å². The van der Waals surface area contributed by atoms with Gasteiger partial charge in [-0.05, 0) is 29.3 Å². The van der Waals surface area contributed by atoms with Gasteiger partial charge in [-0.25, -0.2) is 0 Å². The fourth-order valence-corrected chi connectivity index (χ4v) is 7.00. The van der Waals surface area contributed by atoms with Crippen molar-refractivity contribution < 1.29 is 14.4 Å². The highest BCUT2D eigenvalue weighted by molar-refractivity contribution is 9.10. The zero-order valence-electron chi connectivity index (χ0n) is 20.3. The van der Waals surface area contributed by atoms with Crippen molar-refractivity contribution in [3.05, 3.63) is 141 Å². The highest BCUT2D eigenvalue weighted by Gasteiger charge is 2.71. The van der Waals surface area contributed by atoms with Crippen LogP contribution in [0.5, 0.6) is 0 Å². The predicted molar refractivity (Wildman–Crippen MR) is 151 cm³/mol. The number of anilines is 1. The van der Waals surface area contributed by atoms with Gasteiger partial charge in [0.1, 0.15) is 11.5 Å². The predicted octanol–water partition coefficient (Wildman–Crippen LogP) is 6.77. The molecular formula is C33H22BrNO3. The topological polar surface area (TPSA) is 54.5 Å². The summed E-state index contributed by atoms with van der Waals surface area (Å²) in [6.45, 7) is 0. The van der Waals surface area contributed by atoms with Gasteiger partial charge in [0.25, 0.3) is 0 Å². The van der Waals surface area contributed by atoms with Crippen LogP contribution in [0.4, 0.5) is 5.69 Å². The Morgan fingerprint density at radius 2 is 1.34 bits per heavy atom. The van der Waals surface area contributed by atoms with Crippen molar-refractivity contribution in [2.75, 3.05) is 4.90 Å². The Kier molecular flexibility index (Phi) is 5.14. The summed E-state index contributed by atoms with van der Waals surface area (Å²) in [6.07, 6.45) is 3.93. The quantitative estimate of drug-likeness (QED) is 0.205. The Hall–Kier alpha value is -4.09. The van der Waals surface area contributed by atoms with Crippen LogP contribution in [0.15, 0.2) is 114 Å². The largest absolute Gasteiger partial charge is 0.352 e. The minimum atomic E-state index is -1.48. The fraction of sp³-hybridized carbons (Fsp3) is 0.121. The van der Waals surface area contributed by atoms with Crippen LogP contribution in [0.2, 0.25) is 0 Å². The molecule has 4 nitrogen and oxygen atoms in total. The lowest BCUT2D eigenvalue weighted by molar-refractivity contribution is 0.0666. The van der Waals surface area contributed by atoms with Gasteiger partial charge in [0, 0.05) is 32.8 Å². The molecule has 1 spiro atoms. The van der Waals surface area contributed by atoms with E-state index in [2.05, 4.69) is 15.9 Å². The number of carbonyl (C=O) groups excluding carboxylic acids is 3. The summed E-state index contributed by atoms with van der Waals surface area (Å²) in [6, 6.07) is 30.4. The van der Waals surface area contributed by atoms with E-state index in [1.54, 1.807) is 36.4 Å². The zero-order valence-corrected chi connectivity index (χ0v) is 21.8. The van der Waals surface area contributed by atoms with E-state index in [0.29, 0.717) is 16.7 Å². The maximum atomic E-state index is 14.6. The lowest BCUT2D eigenvalue weighted by atomic mass is 9.64. The summed E-state index contributed by atoms with van der Waals surface area (Å²) in [4.78, 5) is 45.6. The molecule has 3 aliphatic rings. The van der Waals surface area contributed by atoms with Gasteiger partial charge in [0.05, 0.1) is 6.04 Å². The Bertz CT molecular complexity index is 1620. The number of Topliss-reactive ketones (excluding diaryl/α,β-unsaturated/α-hetero) is 3.